The molecule has 13 nitrogen and oxygen atoms in total. The Hall–Kier alpha value is -3.52. The summed E-state index contributed by atoms with van der Waals surface area (Å²) in [4.78, 5) is 54.1. The van der Waals surface area contributed by atoms with Crippen molar-refractivity contribution in [2.75, 3.05) is 12.3 Å². The molecule has 1 rings (SSSR count). The Morgan fingerprint density at radius 3 is 2.03 bits per heavy atom. The molecule has 0 spiro atoms. The van der Waals surface area contributed by atoms with Gasteiger partial charge in [-0.15, -0.1) is 0 Å². The van der Waals surface area contributed by atoms with Gasteiger partial charge >= 0.3 is 5.97 Å². The lowest BCUT2D eigenvalue weighted by molar-refractivity contribution is -0.141. The molecule has 0 saturated heterocycles. The van der Waals surface area contributed by atoms with Gasteiger partial charge in [0, 0.05) is 12.3 Å². The molecule has 4 unspecified atom stereocenters. The number of carboxylic acid groups (broad SMARTS) is 1. The molecule has 1 aromatic carbocycles. The van der Waals surface area contributed by atoms with Crippen LogP contribution in [0.2, 0.25) is 0 Å². The van der Waals surface area contributed by atoms with E-state index in [0.717, 1.165) is 5.56 Å². The van der Waals surface area contributed by atoms with Crippen molar-refractivity contribution in [2.45, 2.75) is 63.7 Å². The van der Waals surface area contributed by atoms with E-state index in [1.807, 2.05) is 13.8 Å². The molecule has 0 aromatic heterocycles. The number of rotatable bonds is 16. The van der Waals surface area contributed by atoms with Crippen molar-refractivity contribution in [1.29, 1.82) is 0 Å². The molecule has 0 bridgehead atoms. The number of phenolic OH excluding ortho intramolecular Hbond substituents is 1. The molecule has 0 aliphatic heterocycles. The van der Waals surface area contributed by atoms with Crippen molar-refractivity contribution in [3.05, 3.63) is 29.8 Å². The number of amides is 3. The lowest BCUT2D eigenvalue weighted by Gasteiger charge is -2.26. The Morgan fingerprint density at radius 2 is 1.50 bits per heavy atom. The van der Waals surface area contributed by atoms with Gasteiger partial charge < -0.3 is 43.4 Å². The highest BCUT2D eigenvalue weighted by Crippen LogP contribution is 2.12. The van der Waals surface area contributed by atoms with Crippen LogP contribution < -0.4 is 33.2 Å². The van der Waals surface area contributed by atoms with Gasteiger partial charge in [0.15, 0.2) is 5.96 Å². The van der Waals surface area contributed by atoms with Crippen LogP contribution in [0.1, 0.15) is 38.7 Å². The maximum atomic E-state index is 13.2. The van der Waals surface area contributed by atoms with Crippen molar-refractivity contribution < 1.29 is 29.4 Å². The molecule has 4 atom stereocenters. The minimum Gasteiger partial charge on any atom is -0.508 e. The van der Waals surface area contributed by atoms with Crippen LogP contribution >= 0.6 is 12.6 Å². The first-order valence-corrected chi connectivity index (χ1v) is 12.8. The number of nitrogens with zero attached hydrogens (tertiary/aromatic N) is 1. The van der Waals surface area contributed by atoms with E-state index in [4.69, 9.17) is 17.2 Å². The molecule has 38 heavy (non-hydrogen) atoms. The molecule has 3 amide bonds. The van der Waals surface area contributed by atoms with Crippen LogP contribution in [0.5, 0.6) is 5.75 Å². The van der Waals surface area contributed by atoms with E-state index < -0.39 is 47.9 Å². The second kappa shape index (κ2) is 16.3. The highest BCUT2D eigenvalue weighted by atomic mass is 32.1. The minimum atomic E-state index is -1.27. The number of phenols is 1. The highest BCUT2D eigenvalue weighted by molar-refractivity contribution is 7.80. The van der Waals surface area contributed by atoms with Crippen LogP contribution in [0.15, 0.2) is 29.3 Å². The number of carboxylic acids is 1. The summed E-state index contributed by atoms with van der Waals surface area (Å²) < 4.78 is 0. The number of thiol groups is 1. The van der Waals surface area contributed by atoms with E-state index in [0.29, 0.717) is 6.42 Å². The molecular formula is C24H39N7O6S. The number of benzene rings is 1. The van der Waals surface area contributed by atoms with Gasteiger partial charge in [-0.25, -0.2) is 4.79 Å². The normalized spacial score (nSPS) is 14.0. The third-order valence-electron chi connectivity index (χ3n) is 5.44. The van der Waals surface area contributed by atoms with Gasteiger partial charge in [-0.1, -0.05) is 26.0 Å². The number of hydrogen-bond donors (Lipinski definition) is 9. The average Bonchev–Trinajstić information content (AvgIpc) is 2.84. The summed E-state index contributed by atoms with van der Waals surface area (Å²) in [6, 6.07) is 1.91. The number of guanidine groups is 1. The molecule has 0 saturated carbocycles. The van der Waals surface area contributed by atoms with E-state index >= 15 is 0 Å². The second-order valence-corrected chi connectivity index (χ2v) is 9.62. The third-order valence-corrected chi connectivity index (χ3v) is 5.81. The maximum absolute atomic E-state index is 13.2. The van der Waals surface area contributed by atoms with Crippen LogP contribution in [0.3, 0.4) is 0 Å². The quantitative estimate of drug-likeness (QED) is 0.0518. The molecule has 0 aliphatic carbocycles. The third kappa shape index (κ3) is 12.1. The zero-order chi connectivity index (χ0) is 28.8. The van der Waals surface area contributed by atoms with Crippen LogP contribution in [0, 0.1) is 5.92 Å². The largest absolute Gasteiger partial charge is 0.508 e. The van der Waals surface area contributed by atoms with Gasteiger partial charge in [0.05, 0.1) is 6.04 Å². The number of carbonyl (C=O) groups excluding carboxylic acids is 3. The molecule has 11 N–H and O–H groups in total. The molecule has 14 heteroatoms. The topological polar surface area (TPSA) is 235 Å². The van der Waals surface area contributed by atoms with E-state index in [1.165, 1.54) is 12.1 Å². The van der Waals surface area contributed by atoms with Gasteiger partial charge in [0.25, 0.3) is 0 Å². The SMILES string of the molecule is CC(C)CC(NC(=O)C(N)Cc1ccc(O)cc1)C(=O)NC(CCCN=C(N)N)C(=O)NC(CS)C(=O)O. The predicted octanol–water partition coefficient (Wildman–Crippen LogP) is -1.17. The second-order valence-electron chi connectivity index (χ2n) is 9.26. The fourth-order valence-corrected chi connectivity index (χ4v) is 3.71. The van der Waals surface area contributed by atoms with Gasteiger partial charge in [-0.2, -0.15) is 12.6 Å². The van der Waals surface area contributed by atoms with Crippen LogP contribution in [0.25, 0.3) is 0 Å². The summed E-state index contributed by atoms with van der Waals surface area (Å²) in [7, 11) is 0. The molecule has 0 aliphatic rings. The summed E-state index contributed by atoms with van der Waals surface area (Å²) in [5.41, 5.74) is 17.4. The molecule has 0 radical (unpaired) electrons. The van der Waals surface area contributed by atoms with Crippen LogP contribution in [-0.2, 0) is 25.6 Å². The Balaban J connectivity index is 2.98. The van der Waals surface area contributed by atoms with E-state index in [2.05, 4.69) is 33.6 Å². The van der Waals surface area contributed by atoms with Gasteiger partial charge in [-0.3, -0.25) is 19.4 Å². The van der Waals surface area contributed by atoms with E-state index in [1.54, 1.807) is 12.1 Å². The number of aromatic hydroxyl groups is 1. The summed E-state index contributed by atoms with van der Waals surface area (Å²) in [5, 5.41) is 26.3. The minimum absolute atomic E-state index is 0.00842. The van der Waals surface area contributed by atoms with Crippen molar-refractivity contribution in [2.24, 2.45) is 28.1 Å². The first-order chi connectivity index (χ1) is 17.8. The zero-order valence-electron chi connectivity index (χ0n) is 21.6. The Bertz CT molecular complexity index is 970. The highest BCUT2D eigenvalue weighted by Gasteiger charge is 2.30. The fraction of sp³-hybridized carbons (Fsp3) is 0.542. The number of aliphatic imine (C=N–C) groups is 1. The number of aliphatic carboxylic acids is 1. The molecule has 212 valence electrons. The summed E-state index contributed by atoms with van der Waals surface area (Å²) in [5.74, 6) is -3.36. The lowest BCUT2D eigenvalue weighted by Crippen LogP contribution is -2.57. The van der Waals surface area contributed by atoms with Crippen molar-refractivity contribution >= 4 is 42.3 Å². The molecule has 0 fully saturated rings. The summed E-state index contributed by atoms with van der Waals surface area (Å²) in [6.07, 6.45) is 0.863. The Morgan fingerprint density at radius 1 is 0.947 bits per heavy atom. The standard InChI is InChI=1S/C24H39N7O6S/c1-13(2)10-18(30-20(33)16(25)11-14-5-7-15(32)8-6-14)22(35)29-17(4-3-9-28-24(26)27)21(34)31-19(12-38)23(36)37/h5-8,13,16-19,32,38H,3-4,9-12,25H2,1-2H3,(H,29,35)(H,30,33)(H,31,34)(H,36,37)(H4,26,27,28). The molecule has 0 heterocycles. The average molecular weight is 554 g/mol. The Kier molecular flexibility index (Phi) is 14.0. The van der Waals surface area contributed by atoms with Gasteiger partial charge in [-0.05, 0) is 49.3 Å². The number of carbonyl (C=O) groups is 4. The first kappa shape index (κ1) is 32.5. The zero-order valence-corrected chi connectivity index (χ0v) is 22.5. The van der Waals surface area contributed by atoms with Crippen LogP contribution in [-0.4, -0.2) is 76.3 Å². The smallest absolute Gasteiger partial charge is 0.327 e. The van der Waals surface area contributed by atoms with Gasteiger partial charge in [0.2, 0.25) is 17.7 Å². The monoisotopic (exact) mass is 553 g/mol. The lowest BCUT2D eigenvalue weighted by atomic mass is 10.0. The summed E-state index contributed by atoms with van der Waals surface area (Å²) in [6.45, 7) is 3.92. The number of hydrogen-bond acceptors (Lipinski definition) is 8. The molecular weight excluding hydrogens is 514 g/mol. The molecule has 1 aromatic rings. The van der Waals surface area contributed by atoms with E-state index in [9.17, 15) is 29.4 Å². The van der Waals surface area contributed by atoms with Crippen molar-refractivity contribution in [3.63, 3.8) is 0 Å². The predicted molar refractivity (Wildman–Crippen MR) is 146 cm³/mol. The number of nitrogens with one attached hydrogen (secondary N) is 3. The van der Waals surface area contributed by atoms with Crippen LogP contribution in [0.4, 0.5) is 0 Å². The maximum Gasteiger partial charge on any atom is 0.327 e. The van der Waals surface area contributed by atoms with E-state index in [-0.39, 0.29) is 49.2 Å². The number of nitrogens with two attached hydrogens (primary N) is 3. The first-order valence-electron chi connectivity index (χ1n) is 12.2. The Labute approximate surface area is 227 Å². The summed E-state index contributed by atoms with van der Waals surface area (Å²) >= 11 is 3.94. The van der Waals surface area contributed by atoms with Crippen molar-refractivity contribution in [3.8, 4) is 5.75 Å². The fourth-order valence-electron chi connectivity index (χ4n) is 3.46. The van der Waals surface area contributed by atoms with Crippen molar-refractivity contribution in [1.82, 2.24) is 16.0 Å². The van der Waals surface area contributed by atoms with Gasteiger partial charge in [0.1, 0.15) is 23.9 Å².